The summed E-state index contributed by atoms with van der Waals surface area (Å²) in [5, 5.41) is 2.83. The van der Waals surface area contributed by atoms with Gasteiger partial charge in [-0.1, -0.05) is 6.92 Å². The van der Waals surface area contributed by atoms with Gasteiger partial charge in [0.05, 0.1) is 11.0 Å². The van der Waals surface area contributed by atoms with E-state index in [1.807, 2.05) is 25.1 Å². The normalized spacial score (nSPS) is 11.3. The van der Waals surface area contributed by atoms with E-state index in [-0.39, 0.29) is 36.6 Å². The van der Waals surface area contributed by atoms with Crippen LogP contribution in [0.15, 0.2) is 18.2 Å². The Hall–Kier alpha value is -1.30. The average Bonchev–Trinajstić information content (AvgIpc) is 2.67. The molecule has 1 atom stereocenters. The Bertz CT molecular complexity index is 556. The number of carbonyl (C=O) groups excluding carboxylic acids is 1. The highest BCUT2D eigenvalue weighted by atomic mass is 35.5. The first-order chi connectivity index (χ1) is 8.10. The number of fused-ring (bicyclic) bond motifs is 1. The molecule has 0 saturated heterocycles. The molecule has 2 rings (SSSR count). The molecule has 0 aliphatic heterocycles. The molecular weight excluding hydrogens is 287 g/mol. The van der Waals surface area contributed by atoms with Crippen LogP contribution in [-0.2, 0) is 4.79 Å². The summed E-state index contributed by atoms with van der Waals surface area (Å²) in [6, 6.07) is 5.59. The molecule has 5 nitrogen and oxygen atoms in total. The Morgan fingerprint density at radius 3 is 2.79 bits per heavy atom. The number of aryl methyl sites for hydroxylation is 1. The first-order valence-corrected chi connectivity index (χ1v) is 5.57. The number of halogens is 2. The summed E-state index contributed by atoms with van der Waals surface area (Å²) in [4.78, 5) is 19.1. The van der Waals surface area contributed by atoms with E-state index in [9.17, 15) is 4.79 Å². The van der Waals surface area contributed by atoms with Crippen molar-refractivity contribution in [2.24, 2.45) is 11.7 Å². The number of nitrogens with zero attached hydrogens (tertiary/aromatic N) is 1. The summed E-state index contributed by atoms with van der Waals surface area (Å²) in [5.74, 6) is 0.607. The summed E-state index contributed by atoms with van der Waals surface area (Å²) in [5.41, 5.74) is 8.01. The largest absolute Gasteiger partial charge is 0.342 e. The summed E-state index contributed by atoms with van der Waals surface area (Å²) < 4.78 is 0. The average molecular weight is 305 g/mol. The highest BCUT2D eigenvalue weighted by Gasteiger charge is 2.11. The Labute approximate surface area is 124 Å². The molecule has 1 heterocycles. The molecule has 7 heteroatoms. The van der Waals surface area contributed by atoms with E-state index in [2.05, 4.69) is 15.3 Å². The number of hydrogen-bond donors (Lipinski definition) is 3. The molecule has 0 fully saturated rings. The zero-order valence-corrected chi connectivity index (χ0v) is 12.4. The topological polar surface area (TPSA) is 83.8 Å². The summed E-state index contributed by atoms with van der Waals surface area (Å²) in [6.45, 7) is 4.04. The van der Waals surface area contributed by atoms with Gasteiger partial charge >= 0.3 is 0 Å². The van der Waals surface area contributed by atoms with Crippen molar-refractivity contribution in [3.05, 3.63) is 24.0 Å². The Balaban J connectivity index is 0.00000162. The summed E-state index contributed by atoms with van der Waals surface area (Å²) >= 11 is 0. The van der Waals surface area contributed by atoms with Crippen molar-refractivity contribution in [3.63, 3.8) is 0 Å². The van der Waals surface area contributed by atoms with Gasteiger partial charge in [0.25, 0.3) is 0 Å². The third kappa shape index (κ3) is 4.09. The van der Waals surface area contributed by atoms with Crippen molar-refractivity contribution in [1.29, 1.82) is 0 Å². The van der Waals surface area contributed by atoms with Gasteiger partial charge in [0.1, 0.15) is 5.82 Å². The number of amides is 1. The van der Waals surface area contributed by atoms with E-state index >= 15 is 0 Å². The van der Waals surface area contributed by atoms with Crippen LogP contribution in [0.2, 0.25) is 0 Å². The van der Waals surface area contributed by atoms with E-state index in [1.165, 1.54) is 0 Å². The maximum atomic E-state index is 11.7. The maximum Gasteiger partial charge on any atom is 0.228 e. The van der Waals surface area contributed by atoms with Gasteiger partial charge in [0, 0.05) is 18.2 Å². The molecule has 0 bridgehead atoms. The molecule has 1 aromatic heterocycles. The number of aromatic amines is 1. The predicted molar refractivity (Wildman–Crippen MR) is 82.2 cm³/mol. The van der Waals surface area contributed by atoms with Gasteiger partial charge < -0.3 is 16.0 Å². The van der Waals surface area contributed by atoms with Crippen molar-refractivity contribution in [2.75, 3.05) is 11.9 Å². The van der Waals surface area contributed by atoms with Gasteiger partial charge in [0.15, 0.2) is 0 Å². The van der Waals surface area contributed by atoms with Crippen molar-refractivity contribution in [1.82, 2.24) is 9.97 Å². The molecule has 4 N–H and O–H groups in total. The molecule has 0 aliphatic rings. The van der Waals surface area contributed by atoms with Gasteiger partial charge in [-0.05, 0) is 25.1 Å². The van der Waals surface area contributed by atoms with Crippen LogP contribution in [0.4, 0.5) is 5.69 Å². The smallest absolute Gasteiger partial charge is 0.228 e. The Kier molecular flexibility index (Phi) is 6.83. The number of H-pyrrole nitrogens is 1. The first-order valence-electron chi connectivity index (χ1n) is 5.57. The standard InChI is InChI=1S/C12H16N4O.2ClH/c1-7(6-13)12(17)16-9-3-4-10-11(5-9)15-8(2)14-10;;/h3-5,7H,6,13H2,1-2H3,(H,14,15)(H,16,17);2*1H. The number of nitrogens with two attached hydrogens (primary N) is 1. The molecule has 106 valence electrons. The van der Waals surface area contributed by atoms with Crippen LogP contribution in [0.25, 0.3) is 11.0 Å². The number of benzene rings is 1. The third-order valence-corrected chi connectivity index (χ3v) is 2.67. The lowest BCUT2D eigenvalue weighted by Gasteiger charge is -2.09. The number of imidazole rings is 1. The lowest BCUT2D eigenvalue weighted by molar-refractivity contribution is -0.119. The lowest BCUT2D eigenvalue weighted by atomic mass is 10.1. The Morgan fingerprint density at radius 1 is 1.47 bits per heavy atom. The lowest BCUT2D eigenvalue weighted by Crippen LogP contribution is -2.26. The van der Waals surface area contributed by atoms with E-state index in [1.54, 1.807) is 6.92 Å². The third-order valence-electron chi connectivity index (χ3n) is 2.67. The van der Waals surface area contributed by atoms with Crippen LogP contribution in [0.3, 0.4) is 0 Å². The Morgan fingerprint density at radius 2 is 2.16 bits per heavy atom. The van der Waals surface area contributed by atoms with Gasteiger partial charge in [0.2, 0.25) is 5.91 Å². The molecule has 2 aromatic rings. The fourth-order valence-corrected chi connectivity index (χ4v) is 1.59. The number of nitrogens with one attached hydrogen (secondary N) is 2. The van der Waals surface area contributed by atoms with E-state index < -0.39 is 0 Å². The zero-order valence-electron chi connectivity index (χ0n) is 10.8. The molecule has 1 aromatic carbocycles. The minimum Gasteiger partial charge on any atom is -0.342 e. The molecule has 1 unspecified atom stereocenters. The number of hydrogen-bond acceptors (Lipinski definition) is 3. The van der Waals surface area contributed by atoms with E-state index in [0.717, 1.165) is 22.5 Å². The second-order valence-electron chi connectivity index (χ2n) is 4.18. The van der Waals surface area contributed by atoms with Crippen molar-refractivity contribution < 1.29 is 4.79 Å². The van der Waals surface area contributed by atoms with E-state index in [0.29, 0.717) is 6.54 Å². The number of rotatable bonds is 3. The molecule has 0 saturated carbocycles. The molecule has 0 spiro atoms. The molecular formula is C12H18Cl2N4O. The van der Waals surface area contributed by atoms with Crippen LogP contribution in [0.5, 0.6) is 0 Å². The molecule has 0 aliphatic carbocycles. The van der Waals surface area contributed by atoms with Crippen molar-refractivity contribution in [2.45, 2.75) is 13.8 Å². The summed E-state index contributed by atoms with van der Waals surface area (Å²) in [6.07, 6.45) is 0. The number of carbonyl (C=O) groups is 1. The first kappa shape index (κ1) is 17.7. The van der Waals surface area contributed by atoms with Crippen LogP contribution in [0.1, 0.15) is 12.7 Å². The van der Waals surface area contributed by atoms with Crippen LogP contribution in [0, 0.1) is 12.8 Å². The molecule has 0 radical (unpaired) electrons. The minimum absolute atomic E-state index is 0. The quantitative estimate of drug-likeness (QED) is 0.813. The number of anilines is 1. The van der Waals surface area contributed by atoms with Crippen molar-refractivity contribution >= 4 is 47.4 Å². The van der Waals surface area contributed by atoms with Gasteiger partial charge in [-0.15, -0.1) is 24.8 Å². The second kappa shape index (κ2) is 7.33. The van der Waals surface area contributed by atoms with Gasteiger partial charge in [-0.3, -0.25) is 4.79 Å². The summed E-state index contributed by atoms with van der Waals surface area (Å²) in [7, 11) is 0. The van der Waals surface area contributed by atoms with Crippen LogP contribution in [-0.4, -0.2) is 22.4 Å². The fraction of sp³-hybridized carbons (Fsp3) is 0.333. The monoisotopic (exact) mass is 304 g/mol. The SMILES string of the molecule is Cc1nc2ccc(NC(=O)C(C)CN)cc2[nH]1.Cl.Cl. The predicted octanol–water partition coefficient (Wildman–Crippen LogP) is 2.25. The number of aromatic nitrogens is 2. The molecule has 19 heavy (non-hydrogen) atoms. The van der Waals surface area contributed by atoms with Crippen molar-refractivity contribution in [3.8, 4) is 0 Å². The van der Waals surface area contributed by atoms with Crippen LogP contribution < -0.4 is 11.1 Å². The van der Waals surface area contributed by atoms with Crippen LogP contribution >= 0.6 is 24.8 Å². The zero-order chi connectivity index (χ0) is 12.4. The second-order valence-corrected chi connectivity index (χ2v) is 4.18. The maximum absolute atomic E-state index is 11.7. The highest BCUT2D eigenvalue weighted by Crippen LogP contribution is 2.17. The fourth-order valence-electron chi connectivity index (χ4n) is 1.59. The minimum atomic E-state index is -0.186. The molecule has 1 amide bonds. The highest BCUT2D eigenvalue weighted by molar-refractivity contribution is 5.94. The van der Waals surface area contributed by atoms with Gasteiger partial charge in [-0.2, -0.15) is 0 Å². The van der Waals surface area contributed by atoms with Gasteiger partial charge in [-0.25, -0.2) is 4.98 Å². The van der Waals surface area contributed by atoms with E-state index in [4.69, 9.17) is 5.73 Å².